The van der Waals surface area contributed by atoms with Crippen molar-refractivity contribution in [2.45, 2.75) is 45.4 Å². The smallest absolute Gasteiger partial charge is 0.00200 e. The van der Waals surface area contributed by atoms with E-state index in [1.54, 1.807) is 11.1 Å². The van der Waals surface area contributed by atoms with Crippen molar-refractivity contribution in [2.24, 2.45) is 0 Å². The summed E-state index contributed by atoms with van der Waals surface area (Å²) in [5.74, 6) is 0.733. The van der Waals surface area contributed by atoms with E-state index >= 15 is 0 Å². The summed E-state index contributed by atoms with van der Waals surface area (Å²) >= 11 is 0. The van der Waals surface area contributed by atoms with Gasteiger partial charge < -0.3 is 0 Å². The maximum Gasteiger partial charge on any atom is -0.00200 e. The first-order chi connectivity index (χ1) is 21.2. The lowest BCUT2D eigenvalue weighted by Gasteiger charge is -2.23. The molecule has 0 aromatic heterocycles. The molecule has 7 aromatic carbocycles. The van der Waals surface area contributed by atoms with Crippen molar-refractivity contribution in [3.8, 4) is 33.4 Å². The molecule has 0 nitrogen and oxygen atoms in total. The minimum absolute atomic E-state index is 0.733. The molecule has 0 radical (unpaired) electrons. The van der Waals surface area contributed by atoms with Gasteiger partial charge in [-0.1, -0.05) is 135 Å². The van der Waals surface area contributed by atoms with Crippen LogP contribution in [0.25, 0.3) is 65.7 Å². The summed E-state index contributed by atoms with van der Waals surface area (Å²) in [4.78, 5) is 0. The molecule has 0 bridgehead atoms. The number of hydrogen-bond donors (Lipinski definition) is 0. The zero-order valence-electron chi connectivity index (χ0n) is 25.0. The van der Waals surface area contributed by atoms with Crippen LogP contribution >= 0.6 is 0 Å². The molecule has 1 saturated carbocycles. The first-order valence-electron chi connectivity index (χ1n) is 15.9. The molecule has 0 heteroatoms. The second-order valence-electron chi connectivity index (χ2n) is 12.3. The normalized spacial score (nSPS) is 13.3. The van der Waals surface area contributed by atoms with Gasteiger partial charge in [-0.3, -0.25) is 0 Å². The molecule has 0 heterocycles. The van der Waals surface area contributed by atoms with Gasteiger partial charge in [0.2, 0.25) is 0 Å². The highest BCUT2D eigenvalue weighted by Crippen LogP contribution is 2.49. The van der Waals surface area contributed by atoms with Crippen molar-refractivity contribution >= 4 is 32.3 Å². The Hall–Kier alpha value is -4.68. The van der Waals surface area contributed by atoms with Crippen LogP contribution in [0.1, 0.15) is 48.8 Å². The SMILES string of the molecule is CCCc1c(-c2c(C)cccc2-c2c3ccccc3c(-c3ccc4ccccc4c3)c3ccccc23)cccc1C1CC1. The molecular weight excluding hydrogens is 516 g/mol. The van der Waals surface area contributed by atoms with Crippen LogP contribution in [0, 0.1) is 6.92 Å². The molecule has 0 aliphatic heterocycles. The molecule has 0 amide bonds. The van der Waals surface area contributed by atoms with Crippen LogP contribution in [0.3, 0.4) is 0 Å². The third-order valence-corrected chi connectivity index (χ3v) is 9.51. The molecule has 0 spiro atoms. The summed E-state index contributed by atoms with van der Waals surface area (Å²) in [6, 6.07) is 47.7. The molecule has 8 rings (SSSR count). The number of rotatable bonds is 6. The van der Waals surface area contributed by atoms with Crippen LogP contribution in [0.4, 0.5) is 0 Å². The van der Waals surface area contributed by atoms with E-state index in [0.29, 0.717) is 0 Å². The van der Waals surface area contributed by atoms with Gasteiger partial charge in [-0.05, 0) is 121 Å². The van der Waals surface area contributed by atoms with Crippen LogP contribution < -0.4 is 0 Å². The highest BCUT2D eigenvalue weighted by atomic mass is 14.3. The molecule has 208 valence electrons. The van der Waals surface area contributed by atoms with Crippen LogP contribution in [0.15, 0.2) is 127 Å². The largest absolute Gasteiger partial charge is 0.0651 e. The van der Waals surface area contributed by atoms with Crippen molar-refractivity contribution in [1.29, 1.82) is 0 Å². The third kappa shape index (κ3) is 4.36. The average Bonchev–Trinajstić information content (AvgIpc) is 3.89. The molecule has 1 aliphatic rings. The lowest BCUT2D eigenvalue weighted by atomic mass is 9.81. The molecule has 0 unspecified atom stereocenters. The summed E-state index contributed by atoms with van der Waals surface area (Å²) in [7, 11) is 0. The van der Waals surface area contributed by atoms with E-state index < -0.39 is 0 Å². The average molecular weight is 553 g/mol. The topological polar surface area (TPSA) is 0 Å². The predicted octanol–water partition coefficient (Wildman–Crippen LogP) is 12.3. The fraction of sp³-hybridized carbons (Fsp3) is 0.163. The summed E-state index contributed by atoms with van der Waals surface area (Å²) in [6.45, 7) is 4.62. The first kappa shape index (κ1) is 26.0. The van der Waals surface area contributed by atoms with Crippen molar-refractivity contribution in [2.75, 3.05) is 0 Å². The summed E-state index contributed by atoms with van der Waals surface area (Å²) < 4.78 is 0. The Kier molecular flexibility index (Phi) is 6.37. The van der Waals surface area contributed by atoms with Crippen molar-refractivity contribution in [3.05, 3.63) is 144 Å². The van der Waals surface area contributed by atoms with Gasteiger partial charge in [0.15, 0.2) is 0 Å². The van der Waals surface area contributed by atoms with Gasteiger partial charge >= 0.3 is 0 Å². The van der Waals surface area contributed by atoms with Crippen LogP contribution in [-0.2, 0) is 6.42 Å². The number of hydrogen-bond acceptors (Lipinski definition) is 0. The summed E-state index contributed by atoms with van der Waals surface area (Å²) in [6.07, 6.45) is 4.93. The minimum atomic E-state index is 0.733. The lowest BCUT2D eigenvalue weighted by Crippen LogP contribution is -2.00. The molecule has 0 N–H and O–H groups in total. The highest BCUT2D eigenvalue weighted by Gasteiger charge is 2.28. The maximum atomic E-state index is 2.40. The number of benzene rings is 7. The van der Waals surface area contributed by atoms with E-state index in [-0.39, 0.29) is 0 Å². The van der Waals surface area contributed by atoms with Gasteiger partial charge in [0.05, 0.1) is 0 Å². The Balaban J connectivity index is 1.46. The first-order valence-corrected chi connectivity index (χ1v) is 15.9. The van der Waals surface area contributed by atoms with Crippen molar-refractivity contribution < 1.29 is 0 Å². The summed E-state index contributed by atoms with van der Waals surface area (Å²) in [5.41, 5.74) is 12.6. The lowest BCUT2D eigenvalue weighted by molar-refractivity contribution is 0.898. The van der Waals surface area contributed by atoms with Crippen molar-refractivity contribution in [3.63, 3.8) is 0 Å². The molecule has 43 heavy (non-hydrogen) atoms. The van der Waals surface area contributed by atoms with E-state index in [9.17, 15) is 0 Å². The Morgan fingerprint density at radius 2 is 1.14 bits per heavy atom. The van der Waals surface area contributed by atoms with E-state index in [4.69, 9.17) is 0 Å². The van der Waals surface area contributed by atoms with Crippen molar-refractivity contribution in [1.82, 2.24) is 0 Å². The fourth-order valence-corrected chi connectivity index (χ4v) is 7.45. The quantitative estimate of drug-likeness (QED) is 0.180. The Morgan fingerprint density at radius 1 is 0.535 bits per heavy atom. The zero-order chi connectivity index (χ0) is 28.9. The molecular formula is C43H36. The van der Waals surface area contributed by atoms with Crippen LogP contribution in [0.5, 0.6) is 0 Å². The van der Waals surface area contributed by atoms with Crippen LogP contribution in [-0.4, -0.2) is 0 Å². The highest BCUT2D eigenvalue weighted by molar-refractivity contribution is 6.22. The van der Waals surface area contributed by atoms with E-state index in [1.807, 2.05) is 0 Å². The Morgan fingerprint density at radius 3 is 1.81 bits per heavy atom. The van der Waals surface area contributed by atoms with E-state index in [0.717, 1.165) is 18.8 Å². The zero-order valence-corrected chi connectivity index (χ0v) is 25.0. The van der Waals surface area contributed by atoms with E-state index in [1.165, 1.54) is 84.1 Å². The monoisotopic (exact) mass is 552 g/mol. The second-order valence-corrected chi connectivity index (χ2v) is 12.3. The van der Waals surface area contributed by atoms with Gasteiger partial charge in [0.25, 0.3) is 0 Å². The number of aryl methyl sites for hydroxylation is 1. The predicted molar refractivity (Wildman–Crippen MR) is 186 cm³/mol. The Bertz CT molecular complexity index is 2100. The van der Waals surface area contributed by atoms with Gasteiger partial charge in [-0.25, -0.2) is 0 Å². The van der Waals surface area contributed by atoms with Gasteiger partial charge in [-0.2, -0.15) is 0 Å². The molecule has 0 saturated heterocycles. The van der Waals surface area contributed by atoms with Crippen LogP contribution in [0.2, 0.25) is 0 Å². The number of fused-ring (bicyclic) bond motifs is 3. The van der Waals surface area contributed by atoms with Gasteiger partial charge in [0, 0.05) is 0 Å². The van der Waals surface area contributed by atoms with Gasteiger partial charge in [-0.15, -0.1) is 0 Å². The maximum absolute atomic E-state index is 2.40. The fourth-order valence-electron chi connectivity index (χ4n) is 7.45. The second kappa shape index (κ2) is 10.5. The molecule has 1 fully saturated rings. The third-order valence-electron chi connectivity index (χ3n) is 9.51. The molecule has 7 aromatic rings. The molecule has 0 atom stereocenters. The molecule has 1 aliphatic carbocycles. The van der Waals surface area contributed by atoms with E-state index in [2.05, 4.69) is 141 Å². The summed E-state index contributed by atoms with van der Waals surface area (Å²) in [5, 5.41) is 7.78. The Labute approximate surface area is 254 Å². The minimum Gasteiger partial charge on any atom is -0.0651 e. The standard InChI is InChI=1S/C43H36/c1-3-12-34-33(30-24-25-30)20-11-21-35(34)41-28(2)13-10-22-40(41)43-38-18-8-6-16-36(38)42(37-17-7-9-19-39(37)43)32-26-23-29-14-4-5-15-31(29)27-32/h4-11,13-23,26-27,30H,3,12,24-25H2,1-2H3. The van der Waals surface area contributed by atoms with Gasteiger partial charge in [0.1, 0.15) is 0 Å².